The van der Waals surface area contributed by atoms with Gasteiger partial charge in [-0.2, -0.15) is 0 Å². The molecule has 3 heterocycles. The van der Waals surface area contributed by atoms with Crippen molar-refractivity contribution in [2.24, 2.45) is 5.73 Å². The lowest BCUT2D eigenvalue weighted by Gasteiger charge is -2.26. The van der Waals surface area contributed by atoms with E-state index in [9.17, 15) is 24.2 Å². The van der Waals surface area contributed by atoms with Crippen molar-refractivity contribution in [1.29, 1.82) is 0 Å². The van der Waals surface area contributed by atoms with Gasteiger partial charge in [0.05, 0.1) is 12.2 Å². The van der Waals surface area contributed by atoms with Crippen molar-refractivity contribution in [1.82, 2.24) is 15.3 Å². The highest BCUT2D eigenvalue weighted by Gasteiger charge is 2.45. The monoisotopic (exact) mass is 530 g/mol. The number of nitrogens with one attached hydrogen (secondary N) is 1. The third-order valence-electron chi connectivity index (χ3n) is 7.05. The highest BCUT2D eigenvalue weighted by Crippen LogP contribution is 2.45. The van der Waals surface area contributed by atoms with Crippen LogP contribution in [0.4, 0.5) is 4.39 Å². The van der Waals surface area contributed by atoms with Gasteiger partial charge in [0.15, 0.2) is 0 Å². The molecule has 2 amide bonds. The number of nitrogens with zero attached hydrogens (tertiary/aromatic N) is 2. The van der Waals surface area contributed by atoms with E-state index in [4.69, 9.17) is 10.5 Å². The van der Waals surface area contributed by atoms with Crippen molar-refractivity contribution in [2.45, 2.75) is 31.8 Å². The van der Waals surface area contributed by atoms with Gasteiger partial charge in [-0.05, 0) is 69.3 Å². The van der Waals surface area contributed by atoms with Crippen molar-refractivity contribution in [2.75, 3.05) is 13.2 Å². The summed E-state index contributed by atoms with van der Waals surface area (Å²) in [6, 6.07) is 13.6. The minimum absolute atomic E-state index is 0.0181. The first kappa shape index (κ1) is 26.1. The number of rotatable bonds is 6. The van der Waals surface area contributed by atoms with Crippen molar-refractivity contribution in [3.05, 3.63) is 82.9 Å². The molecule has 5 N–H and O–H groups in total. The molecule has 0 aliphatic carbocycles. The average molecular weight is 531 g/mol. The number of halogens is 1. The number of fused-ring (bicyclic) bond motifs is 2. The fourth-order valence-corrected chi connectivity index (χ4v) is 4.56. The van der Waals surface area contributed by atoms with Gasteiger partial charge in [-0.3, -0.25) is 9.59 Å². The zero-order valence-electron chi connectivity index (χ0n) is 21.6. The van der Waals surface area contributed by atoms with Crippen LogP contribution in [0.1, 0.15) is 41.2 Å². The van der Waals surface area contributed by atoms with Crippen LogP contribution in [-0.4, -0.2) is 45.1 Å². The average Bonchev–Trinajstić information content (AvgIpc) is 3.25. The smallest absolute Gasteiger partial charge is 0.251 e. The number of aromatic nitrogens is 2. The molecule has 39 heavy (non-hydrogen) atoms. The van der Waals surface area contributed by atoms with Crippen LogP contribution in [0.5, 0.6) is 11.5 Å². The van der Waals surface area contributed by atoms with E-state index in [1.54, 1.807) is 38.1 Å². The number of phenols is 1. The molecule has 0 saturated carbocycles. The summed E-state index contributed by atoms with van der Waals surface area (Å²) in [7, 11) is 0. The molecule has 0 radical (unpaired) electrons. The summed E-state index contributed by atoms with van der Waals surface area (Å²) < 4.78 is 19.4. The Bertz CT molecular complexity index is 1640. The third-order valence-corrected chi connectivity index (χ3v) is 7.05. The summed E-state index contributed by atoms with van der Waals surface area (Å²) in [6.45, 7) is 4.64. The molecule has 0 spiro atoms. The predicted octanol–water partition coefficient (Wildman–Crippen LogP) is 3.22. The third kappa shape index (κ3) is 4.63. The molecule has 2 aromatic heterocycles. The SMILES string of the molecule is Cc1ccc2cc(C(=O)NC[C@](C)(O)c3cc4c(c(-c5ccc(F)cc5)n3)OC[C@]4(C)C(N)=O)cc(O)c2n1. The Balaban J connectivity index is 1.49. The first-order valence-corrected chi connectivity index (χ1v) is 12.2. The number of phenolic OH excluding ortho intramolecular Hbond substituents is 1. The van der Waals surface area contributed by atoms with E-state index in [0.29, 0.717) is 33.5 Å². The second-order valence-electron chi connectivity index (χ2n) is 10.2. The minimum Gasteiger partial charge on any atom is -0.506 e. The fraction of sp³-hybridized carbons (Fsp3) is 0.241. The van der Waals surface area contributed by atoms with Crippen LogP contribution < -0.4 is 15.8 Å². The van der Waals surface area contributed by atoms with Gasteiger partial charge in [0.25, 0.3) is 5.91 Å². The number of pyridine rings is 2. The number of benzene rings is 2. The maximum atomic E-state index is 13.6. The van der Waals surface area contributed by atoms with E-state index in [0.717, 1.165) is 5.69 Å². The van der Waals surface area contributed by atoms with Crippen LogP contribution >= 0.6 is 0 Å². The van der Waals surface area contributed by atoms with Crippen LogP contribution in [0, 0.1) is 12.7 Å². The molecule has 5 rings (SSSR count). The summed E-state index contributed by atoms with van der Waals surface area (Å²) in [5.74, 6) is -1.39. The fourth-order valence-electron chi connectivity index (χ4n) is 4.56. The molecule has 1 aliphatic heterocycles. The number of aromatic hydroxyl groups is 1. The second-order valence-corrected chi connectivity index (χ2v) is 10.2. The number of hydrogen-bond donors (Lipinski definition) is 4. The molecule has 10 heteroatoms. The zero-order valence-corrected chi connectivity index (χ0v) is 21.6. The molecule has 0 fully saturated rings. The predicted molar refractivity (Wildman–Crippen MR) is 142 cm³/mol. The van der Waals surface area contributed by atoms with E-state index in [1.165, 1.54) is 37.3 Å². The molecular formula is C29H27FN4O5. The second kappa shape index (κ2) is 9.32. The van der Waals surface area contributed by atoms with Gasteiger partial charge in [0.1, 0.15) is 46.1 Å². The van der Waals surface area contributed by atoms with Crippen LogP contribution in [-0.2, 0) is 15.8 Å². The normalized spacial score (nSPS) is 17.8. The summed E-state index contributed by atoms with van der Waals surface area (Å²) >= 11 is 0. The molecule has 2 atom stereocenters. The van der Waals surface area contributed by atoms with Crippen molar-refractivity contribution >= 4 is 22.7 Å². The molecule has 2 aromatic carbocycles. The molecule has 0 saturated heterocycles. The van der Waals surface area contributed by atoms with Crippen LogP contribution in [0.2, 0.25) is 0 Å². The van der Waals surface area contributed by atoms with E-state index in [1.807, 2.05) is 0 Å². The Morgan fingerprint density at radius 3 is 2.56 bits per heavy atom. The Morgan fingerprint density at radius 1 is 1.15 bits per heavy atom. The number of hydrogen-bond acceptors (Lipinski definition) is 7. The highest BCUT2D eigenvalue weighted by molar-refractivity contribution is 5.99. The first-order valence-electron chi connectivity index (χ1n) is 12.2. The zero-order chi connectivity index (χ0) is 28.1. The molecular weight excluding hydrogens is 503 g/mol. The van der Waals surface area contributed by atoms with E-state index in [-0.39, 0.29) is 30.2 Å². The van der Waals surface area contributed by atoms with Gasteiger partial charge in [-0.15, -0.1) is 0 Å². The largest absolute Gasteiger partial charge is 0.506 e. The van der Waals surface area contributed by atoms with E-state index in [2.05, 4.69) is 15.3 Å². The van der Waals surface area contributed by atoms with Gasteiger partial charge in [-0.25, -0.2) is 14.4 Å². The van der Waals surface area contributed by atoms with Crippen molar-refractivity contribution in [3.8, 4) is 22.8 Å². The maximum absolute atomic E-state index is 13.6. The van der Waals surface area contributed by atoms with Crippen LogP contribution in [0.3, 0.4) is 0 Å². The van der Waals surface area contributed by atoms with Crippen LogP contribution in [0.15, 0.2) is 54.6 Å². The number of aryl methyl sites for hydroxylation is 1. The van der Waals surface area contributed by atoms with Gasteiger partial charge in [-0.1, -0.05) is 6.07 Å². The lowest BCUT2D eigenvalue weighted by molar-refractivity contribution is -0.123. The molecule has 9 nitrogen and oxygen atoms in total. The number of carbonyl (C=O) groups excluding carboxylic acids is 2. The Morgan fingerprint density at radius 2 is 1.87 bits per heavy atom. The Hall–Kier alpha value is -4.57. The van der Waals surface area contributed by atoms with Crippen molar-refractivity contribution < 1.29 is 28.9 Å². The standard InChI is InChI=1S/C29H27FN4O5/c1-15-4-5-17-10-18(11-21(35)23(17)33-15)26(36)32-13-29(3,38)22-12-20-25(39-14-28(20,2)27(31)37)24(34-22)16-6-8-19(30)9-7-16/h4-12,35,38H,13-14H2,1-3H3,(H2,31,37)(H,32,36)/t28-,29-/m0/s1. The van der Waals surface area contributed by atoms with Gasteiger partial charge >= 0.3 is 0 Å². The van der Waals surface area contributed by atoms with E-state index >= 15 is 0 Å². The first-order chi connectivity index (χ1) is 18.4. The van der Waals surface area contributed by atoms with Crippen LogP contribution in [0.25, 0.3) is 22.2 Å². The highest BCUT2D eigenvalue weighted by atomic mass is 19.1. The molecule has 0 bridgehead atoms. The topological polar surface area (TPSA) is 148 Å². The number of amides is 2. The number of ether oxygens (including phenoxy) is 1. The number of aliphatic hydroxyl groups is 1. The van der Waals surface area contributed by atoms with Gasteiger partial charge < -0.3 is 26.0 Å². The summed E-state index contributed by atoms with van der Waals surface area (Å²) in [5, 5.41) is 25.1. The quantitative estimate of drug-likeness (QED) is 0.299. The van der Waals surface area contributed by atoms with Crippen molar-refractivity contribution in [3.63, 3.8) is 0 Å². The van der Waals surface area contributed by atoms with Gasteiger partial charge in [0.2, 0.25) is 5.91 Å². The lowest BCUT2D eigenvalue weighted by atomic mass is 9.82. The Labute approximate surface area is 223 Å². The Kier molecular flexibility index (Phi) is 6.22. The summed E-state index contributed by atoms with van der Waals surface area (Å²) in [4.78, 5) is 34.3. The molecule has 0 unspecified atom stereocenters. The molecule has 200 valence electrons. The summed E-state index contributed by atoms with van der Waals surface area (Å²) in [6.07, 6.45) is 0. The summed E-state index contributed by atoms with van der Waals surface area (Å²) in [5.41, 5.74) is 5.53. The lowest BCUT2D eigenvalue weighted by Crippen LogP contribution is -2.41. The number of nitrogens with two attached hydrogens (primary N) is 1. The molecule has 1 aliphatic rings. The maximum Gasteiger partial charge on any atom is 0.251 e. The number of primary amides is 1. The minimum atomic E-state index is -1.70. The van der Waals surface area contributed by atoms with E-state index < -0.39 is 28.6 Å². The molecule has 4 aromatic rings. The number of carbonyl (C=O) groups is 2. The van der Waals surface area contributed by atoms with Gasteiger partial charge in [0, 0.05) is 27.8 Å².